The number of nitrogens with zero attached hydrogens (tertiary/aromatic N) is 6. The Morgan fingerprint density at radius 3 is 2.59 bits per heavy atom. The number of methoxy groups -OCH3 is 2. The van der Waals surface area contributed by atoms with Gasteiger partial charge in [-0.3, -0.25) is 4.40 Å². The number of hydrogen-bond donors (Lipinski definition) is 0. The van der Waals surface area contributed by atoms with Gasteiger partial charge < -0.3 is 9.47 Å². The van der Waals surface area contributed by atoms with Gasteiger partial charge >= 0.3 is 0 Å². The summed E-state index contributed by atoms with van der Waals surface area (Å²) in [6, 6.07) is 15.7. The Labute approximate surface area is 166 Å². The zero-order valence-electron chi connectivity index (χ0n) is 16.0. The van der Waals surface area contributed by atoms with Crippen LogP contribution in [0.2, 0.25) is 0 Å². The van der Waals surface area contributed by atoms with E-state index < -0.39 is 0 Å². The number of benzene rings is 2. The predicted octanol–water partition coefficient (Wildman–Crippen LogP) is 3.21. The van der Waals surface area contributed by atoms with E-state index in [2.05, 4.69) is 32.4 Å². The SMILES string of the molecule is COc1ccc(-c2nnc3c4cnn(Cc5ccccc5)c4ncn23)c(OC)c1. The lowest BCUT2D eigenvalue weighted by molar-refractivity contribution is 0.395. The van der Waals surface area contributed by atoms with Crippen LogP contribution in [0.4, 0.5) is 0 Å². The van der Waals surface area contributed by atoms with Crippen molar-refractivity contribution in [2.75, 3.05) is 14.2 Å². The first kappa shape index (κ1) is 17.2. The van der Waals surface area contributed by atoms with Crippen LogP contribution in [-0.4, -0.2) is 43.6 Å². The van der Waals surface area contributed by atoms with Crippen LogP contribution >= 0.6 is 0 Å². The summed E-state index contributed by atoms with van der Waals surface area (Å²) >= 11 is 0. The zero-order valence-corrected chi connectivity index (χ0v) is 16.0. The smallest absolute Gasteiger partial charge is 0.175 e. The summed E-state index contributed by atoms with van der Waals surface area (Å²) in [4.78, 5) is 4.63. The normalized spacial score (nSPS) is 11.2. The van der Waals surface area contributed by atoms with Crippen LogP contribution in [0.1, 0.15) is 5.56 Å². The van der Waals surface area contributed by atoms with Crippen molar-refractivity contribution in [3.63, 3.8) is 0 Å². The molecule has 8 nitrogen and oxygen atoms in total. The molecule has 0 aliphatic rings. The van der Waals surface area contributed by atoms with E-state index in [0.717, 1.165) is 22.2 Å². The van der Waals surface area contributed by atoms with Crippen molar-refractivity contribution in [2.24, 2.45) is 0 Å². The molecule has 0 N–H and O–H groups in total. The van der Waals surface area contributed by atoms with E-state index in [9.17, 15) is 0 Å². The fourth-order valence-corrected chi connectivity index (χ4v) is 3.41. The van der Waals surface area contributed by atoms with Gasteiger partial charge in [0.15, 0.2) is 17.1 Å². The third kappa shape index (κ3) is 2.85. The third-order valence-electron chi connectivity index (χ3n) is 4.87. The molecule has 29 heavy (non-hydrogen) atoms. The van der Waals surface area contributed by atoms with Crippen molar-refractivity contribution >= 4 is 16.7 Å². The predicted molar refractivity (Wildman–Crippen MR) is 108 cm³/mol. The van der Waals surface area contributed by atoms with Gasteiger partial charge in [-0.15, -0.1) is 10.2 Å². The maximum atomic E-state index is 5.52. The minimum absolute atomic E-state index is 0.640. The lowest BCUT2D eigenvalue weighted by Gasteiger charge is -2.09. The molecule has 5 rings (SSSR count). The summed E-state index contributed by atoms with van der Waals surface area (Å²) in [5.41, 5.74) is 3.42. The van der Waals surface area contributed by atoms with Gasteiger partial charge in [0.1, 0.15) is 17.8 Å². The molecule has 0 radical (unpaired) electrons. The van der Waals surface area contributed by atoms with Gasteiger partial charge in [-0.1, -0.05) is 30.3 Å². The van der Waals surface area contributed by atoms with Crippen molar-refractivity contribution in [3.05, 3.63) is 66.6 Å². The summed E-state index contributed by atoms with van der Waals surface area (Å²) in [5.74, 6) is 2.00. The monoisotopic (exact) mass is 386 g/mol. The van der Waals surface area contributed by atoms with Crippen LogP contribution in [0.25, 0.3) is 28.1 Å². The first-order valence-corrected chi connectivity index (χ1v) is 9.10. The summed E-state index contributed by atoms with van der Waals surface area (Å²) in [7, 11) is 3.24. The molecule has 0 bridgehead atoms. The molecule has 0 fully saturated rings. The van der Waals surface area contributed by atoms with E-state index in [1.54, 1.807) is 26.7 Å². The maximum absolute atomic E-state index is 5.52. The Hall–Kier alpha value is -3.94. The minimum atomic E-state index is 0.640. The van der Waals surface area contributed by atoms with E-state index in [0.29, 0.717) is 29.5 Å². The van der Waals surface area contributed by atoms with E-state index in [4.69, 9.17) is 9.47 Å². The first-order chi connectivity index (χ1) is 14.3. The quantitative estimate of drug-likeness (QED) is 0.461. The summed E-state index contributed by atoms with van der Waals surface area (Å²) in [6.07, 6.45) is 3.50. The lowest BCUT2D eigenvalue weighted by Crippen LogP contribution is -2.03. The van der Waals surface area contributed by atoms with E-state index in [1.807, 2.05) is 45.5 Å². The molecule has 5 aromatic rings. The van der Waals surface area contributed by atoms with Crippen LogP contribution in [0.3, 0.4) is 0 Å². The number of fused-ring (bicyclic) bond motifs is 3. The van der Waals surface area contributed by atoms with Gasteiger partial charge in [0.05, 0.1) is 37.9 Å². The Bertz CT molecular complexity index is 1310. The minimum Gasteiger partial charge on any atom is -0.497 e. The molecule has 0 amide bonds. The Morgan fingerprint density at radius 2 is 1.79 bits per heavy atom. The molecule has 0 aliphatic heterocycles. The van der Waals surface area contributed by atoms with Gasteiger partial charge in [0, 0.05) is 6.07 Å². The second-order valence-corrected chi connectivity index (χ2v) is 6.55. The second-order valence-electron chi connectivity index (χ2n) is 6.55. The van der Waals surface area contributed by atoms with Crippen LogP contribution in [0.5, 0.6) is 11.5 Å². The molecule has 0 unspecified atom stereocenters. The topological polar surface area (TPSA) is 79.4 Å². The molecule has 0 spiro atoms. The first-order valence-electron chi connectivity index (χ1n) is 9.10. The number of hydrogen-bond acceptors (Lipinski definition) is 6. The highest BCUT2D eigenvalue weighted by Gasteiger charge is 2.17. The summed E-state index contributed by atoms with van der Waals surface area (Å²) < 4.78 is 14.5. The summed E-state index contributed by atoms with van der Waals surface area (Å²) in [5, 5.41) is 14.1. The van der Waals surface area contributed by atoms with Crippen LogP contribution in [-0.2, 0) is 6.54 Å². The molecule has 3 heterocycles. The van der Waals surface area contributed by atoms with Crippen molar-refractivity contribution < 1.29 is 9.47 Å². The Kier molecular flexibility index (Phi) is 4.09. The highest BCUT2D eigenvalue weighted by Crippen LogP contribution is 2.33. The van der Waals surface area contributed by atoms with Gasteiger partial charge in [0.25, 0.3) is 0 Å². The fourth-order valence-electron chi connectivity index (χ4n) is 3.41. The molecule has 0 saturated heterocycles. The van der Waals surface area contributed by atoms with Crippen LogP contribution in [0, 0.1) is 0 Å². The molecular weight excluding hydrogens is 368 g/mol. The molecular formula is C21H18N6O2. The Morgan fingerprint density at radius 1 is 0.931 bits per heavy atom. The average molecular weight is 386 g/mol. The third-order valence-corrected chi connectivity index (χ3v) is 4.87. The summed E-state index contributed by atoms with van der Waals surface area (Å²) in [6.45, 7) is 0.640. The average Bonchev–Trinajstić information content (AvgIpc) is 3.38. The molecule has 2 aromatic carbocycles. The van der Waals surface area contributed by atoms with Crippen molar-refractivity contribution in [1.82, 2.24) is 29.4 Å². The van der Waals surface area contributed by atoms with Crippen molar-refractivity contribution in [3.8, 4) is 22.9 Å². The molecule has 144 valence electrons. The van der Waals surface area contributed by atoms with Crippen molar-refractivity contribution in [2.45, 2.75) is 6.54 Å². The molecule has 0 atom stereocenters. The number of rotatable bonds is 5. The molecule has 3 aromatic heterocycles. The highest BCUT2D eigenvalue weighted by atomic mass is 16.5. The van der Waals surface area contributed by atoms with Crippen LogP contribution in [0.15, 0.2) is 61.1 Å². The van der Waals surface area contributed by atoms with E-state index in [1.165, 1.54) is 0 Å². The molecule has 0 saturated carbocycles. The molecule has 0 aliphatic carbocycles. The van der Waals surface area contributed by atoms with Gasteiger partial charge in [0.2, 0.25) is 0 Å². The number of ether oxygens (including phenoxy) is 2. The standard InChI is InChI=1S/C21H18N6O2/c1-28-15-8-9-16(18(10-15)29-2)20-24-25-21-17-11-23-27(19(17)22-13-26(20)21)12-14-6-4-3-5-7-14/h3-11,13H,12H2,1-2H3. The van der Waals surface area contributed by atoms with Crippen LogP contribution < -0.4 is 9.47 Å². The fraction of sp³-hybridized carbons (Fsp3) is 0.143. The maximum Gasteiger partial charge on any atom is 0.175 e. The molecule has 8 heteroatoms. The second kappa shape index (κ2) is 6.90. The number of aromatic nitrogens is 6. The lowest BCUT2D eigenvalue weighted by atomic mass is 10.2. The van der Waals surface area contributed by atoms with Gasteiger partial charge in [-0.05, 0) is 17.7 Å². The van der Waals surface area contributed by atoms with E-state index >= 15 is 0 Å². The van der Waals surface area contributed by atoms with Gasteiger partial charge in [-0.2, -0.15) is 5.10 Å². The van der Waals surface area contributed by atoms with E-state index in [-0.39, 0.29) is 0 Å². The zero-order chi connectivity index (χ0) is 19.8. The van der Waals surface area contributed by atoms with Gasteiger partial charge in [-0.25, -0.2) is 9.67 Å². The van der Waals surface area contributed by atoms with Crippen molar-refractivity contribution in [1.29, 1.82) is 0 Å². The Balaban J connectivity index is 1.62. The highest BCUT2D eigenvalue weighted by molar-refractivity contribution is 5.89. The largest absolute Gasteiger partial charge is 0.497 e.